The average Bonchev–Trinajstić information content (AvgIpc) is 2.75. The van der Waals surface area contributed by atoms with Crippen molar-refractivity contribution in [1.82, 2.24) is 10.2 Å². The summed E-state index contributed by atoms with van der Waals surface area (Å²) in [5.41, 5.74) is 0.228. The van der Waals surface area contributed by atoms with Crippen LogP contribution < -0.4 is 10.1 Å². The number of ether oxygens (including phenoxy) is 1. The van der Waals surface area contributed by atoms with Crippen LogP contribution in [-0.4, -0.2) is 46.7 Å². The number of methoxy groups -OCH3 is 1. The number of aliphatic carboxylic acids is 1. The molecule has 1 aromatic carbocycles. The number of urea groups is 1. The highest BCUT2D eigenvalue weighted by Gasteiger charge is 2.35. The summed E-state index contributed by atoms with van der Waals surface area (Å²) < 4.78 is 5.24. The molecule has 1 aromatic rings. The van der Waals surface area contributed by atoms with E-state index < -0.39 is 24.5 Å². The quantitative estimate of drug-likeness (QED) is 0.519. The van der Waals surface area contributed by atoms with Gasteiger partial charge in [0.1, 0.15) is 17.3 Å². The van der Waals surface area contributed by atoms with Crippen molar-refractivity contribution in [3.05, 3.63) is 26.8 Å². The van der Waals surface area contributed by atoms with Gasteiger partial charge in [-0.05, 0) is 33.6 Å². The Morgan fingerprint density at radius 2 is 2.17 bits per heavy atom. The molecule has 1 aliphatic rings. The number of hydrogen-bond acceptors (Lipinski definition) is 5. The van der Waals surface area contributed by atoms with E-state index in [1.54, 1.807) is 0 Å². The normalized spacial score (nSPS) is 16.0. The van der Waals surface area contributed by atoms with Crippen LogP contribution in [0.4, 0.5) is 4.79 Å². The van der Waals surface area contributed by atoms with Crippen molar-refractivity contribution in [3.8, 4) is 11.5 Å². The fraction of sp³-hybridized carbons (Fsp3) is 0.154. The molecule has 3 N–H and O–H groups in total. The van der Waals surface area contributed by atoms with E-state index in [0.717, 1.165) is 0 Å². The first-order chi connectivity index (χ1) is 10.8. The number of halogens is 2. The SMILES string of the molecule is COc1cc(/C=C2/NC(=O)N(CC(=O)O)C2=O)c(Br)c(Cl)c1O. The maximum atomic E-state index is 12.1. The molecule has 1 aliphatic heterocycles. The zero-order chi connectivity index (χ0) is 17.3. The lowest BCUT2D eigenvalue weighted by Gasteiger charge is -2.10. The van der Waals surface area contributed by atoms with Gasteiger partial charge in [0.15, 0.2) is 11.5 Å². The van der Waals surface area contributed by atoms with Crippen LogP contribution in [0.5, 0.6) is 11.5 Å². The zero-order valence-electron chi connectivity index (χ0n) is 11.6. The Labute approximate surface area is 143 Å². The fourth-order valence-electron chi connectivity index (χ4n) is 1.88. The summed E-state index contributed by atoms with van der Waals surface area (Å²) in [5.74, 6) is -2.31. The van der Waals surface area contributed by atoms with E-state index in [9.17, 15) is 19.5 Å². The number of carboxylic acids is 1. The Hall–Kier alpha value is -2.26. The second kappa shape index (κ2) is 6.47. The number of imide groups is 1. The molecule has 1 heterocycles. The molecule has 0 radical (unpaired) electrons. The molecule has 23 heavy (non-hydrogen) atoms. The Morgan fingerprint density at radius 1 is 1.52 bits per heavy atom. The number of nitrogens with zero attached hydrogens (tertiary/aromatic N) is 1. The van der Waals surface area contributed by atoms with E-state index in [-0.39, 0.29) is 26.7 Å². The number of aromatic hydroxyl groups is 1. The van der Waals surface area contributed by atoms with Crippen molar-refractivity contribution in [2.75, 3.05) is 13.7 Å². The van der Waals surface area contributed by atoms with E-state index in [1.165, 1.54) is 19.3 Å². The Morgan fingerprint density at radius 3 is 2.74 bits per heavy atom. The number of amides is 3. The second-order valence-electron chi connectivity index (χ2n) is 4.42. The van der Waals surface area contributed by atoms with Crippen molar-refractivity contribution in [1.29, 1.82) is 0 Å². The molecule has 0 aliphatic carbocycles. The van der Waals surface area contributed by atoms with Crippen LogP contribution in [0.1, 0.15) is 5.56 Å². The molecule has 0 atom stereocenters. The van der Waals surface area contributed by atoms with Gasteiger partial charge in [0.2, 0.25) is 0 Å². The van der Waals surface area contributed by atoms with Crippen molar-refractivity contribution < 1.29 is 29.3 Å². The molecule has 10 heteroatoms. The predicted molar refractivity (Wildman–Crippen MR) is 83.2 cm³/mol. The summed E-state index contributed by atoms with van der Waals surface area (Å²) in [6.45, 7) is -0.747. The first-order valence-corrected chi connectivity index (χ1v) is 7.24. The molecule has 0 spiro atoms. The molecule has 1 fully saturated rings. The molecule has 122 valence electrons. The Kier molecular flexibility index (Phi) is 4.81. The number of phenolic OH excluding ortho intramolecular Hbond substituents is 1. The lowest BCUT2D eigenvalue weighted by atomic mass is 10.1. The molecular weight excluding hydrogens is 396 g/mol. The largest absolute Gasteiger partial charge is 0.503 e. The molecule has 3 amide bonds. The summed E-state index contributed by atoms with van der Waals surface area (Å²) in [6, 6.07) is 0.564. The maximum absolute atomic E-state index is 12.1. The summed E-state index contributed by atoms with van der Waals surface area (Å²) in [4.78, 5) is 34.9. The van der Waals surface area contributed by atoms with Gasteiger partial charge in [-0.2, -0.15) is 0 Å². The monoisotopic (exact) mass is 404 g/mol. The highest BCUT2D eigenvalue weighted by Crippen LogP contribution is 2.42. The van der Waals surface area contributed by atoms with Crippen molar-refractivity contribution in [2.45, 2.75) is 0 Å². The third-order valence-corrected chi connectivity index (χ3v) is 4.40. The second-order valence-corrected chi connectivity index (χ2v) is 5.59. The van der Waals surface area contributed by atoms with Gasteiger partial charge in [-0.15, -0.1) is 0 Å². The topological polar surface area (TPSA) is 116 Å². The first-order valence-electron chi connectivity index (χ1n) is 6.07. The van der Waals surface area contributed by atoms with Crippen LogP contribution in [0.3, 0.4) is 0 Å². The van der Waals surface area contributed by atoms with Gasteiger partial charge in [0, 0.05) is 4.47 Å². The summed E-state index contributed by atoms with van der Waals surface area (Å²) in [5, 5.41) is 20.7. The highest BCUT2D eigenvalue weighted by atomic mass is 79.9. The highest BCUT2D eigenvalue weighted by molar-refractivity contribution is 9.10. The first kappa shape index (κ1) is 17.1. The third kappa shape index (κ3) is 3.25. The third-order valence-electron chi connectivity index (χ3n) is 2.95. The van der Waals surface area contributed by atoms with Gasteiger partial charge in [0.25, 0.3) is 5.91 Å². The van der Waals surface area contributed by atoms with Crippen LogP contribution in [0, 0.1) is 0 Å². The van der Waals surface area contributed by atoms with E-state index in [2.05, 4.69) is 21.2 Å². The number of carbonyl (C=O) groups excluding carboxylic acids is 2. The van der Waals surface area contributed by atoms with Gasteiger partial charge in [0.05, 0.1) is 7.11 Å². The molecule has 0 bridgehead atoms. The zero-order valence-corrected chi connectivity index (χ0v) is 13.9. The van der Waals surface area contributed by atoms with Crippen molar-refractivity contribution in [2.24, 2.45) is 0 Å². The molecule has 1 saturated heterocycles. The number of nitrogens with one attached hydrogen (secondary N) is 1. The Bertz CT molecular complexity index is 748. The van der Waals surface area contributed by atoms with Gasteiger partial charge in [-0.3, -0.25) is 9.59 Å². The molecule has 0 unspecified atom stereocenters. The maximum Gasteiger partial charge on any atom is 0.329 e. The number of carboxylic acid groups (broad SMARTS) is 1. The van der Waals surface area contributed by atoms with Gasteiger partial charge >= 0.3 is 12.0 Å². The average molecular weight is 406 g/mol. The van der Waals surface area contributed by atoms with Crippen LogP contribution in [0.25, 0.3) is 6.08 Å². The number of hydrogen-bond donors (Lipinski definition) is 3. The van der Waals surface area contributed by atoms with Crippen LogP contribution in [0.2, 0.25) is 5.02 Å². The van der Waals surface area contributed by atoms with E-state index in [0.29, 0.717) is 10.5 Å². The van der Waals surface area contributed by atoms with E-state index >= 15 is 0 Å². The van der Waals surface area contributed by atoms with Gasteiger partial charge in [-0.25, -0.2) is 9.69 Å². The van der Waals surface area contributed by atoms with Gasteiger partial charge < -0.3 is 20.3 Å². The lowest BCUT2D eigenvalue weighted by Crippen LogP contribution is -2.35. The smallest absolute Gasteiger partial charge is 0.329 e. The van der Waals surface area contributed by atoms with Crippen molar-refractivity contribution in [3.63, 3.8) is 0 Å². The predicted octanol–water partition coefficient (Wildman–Crippen LogP) is 1.79. The molecule has 0 saturated carbocycles. The lowest BCUT2D eigenvalue weighted by molar-refractivity contribution is -0.140. The number of phenols is 1. The summed E-state index contributed by atoms with van der Waals surface area (Å²) in [7, 11) is 1.33. The van der Waals surface area contributed by atoms with E-state index in [1.807, 2.05) is 0 Å². The minimum absolute atomic E-state index is 0.0321. The Balaban J connectivity index is 2.44. The van der Waals surface area contributed by atoms with Crippen LogP contribution in [-0.2, 0) is 9.59 Å². The molecular formula is C13H10BrClN2O6. The number of benzene rings is 1. The minimum atomic E-state index is -1.31. The molecule has 2 rings (SSSR count). The van der Waals surface area contributed by atoms with Crippen LogP contribution in [0.15, 0.2) is 16.2 Å². The van der Waals surface area contributed by atoms with Crippen molar-refractivity contribution >= 4 is 51.5 Å². The van der Waals surface area contributed by atoms with Crippen LogP contribution >= 0.6 is 27.5 Å². The van der Waals surface area contributed by atoms with Gasteiger partial charge in [-0.1, -0.05) is 11.6 Å². The van der Waals surface area contributed by atoms with E-state index in [4.69, 9.17) is 21.4 Å². The summed E-state index contributed by atoms with van der Waals surface area (Å²) >= 11 is 9.12. The molecule has 8 nitrogen and oxygen atoms in total. The number of rotatable bonds is 4. The minimum Gasteiger partial charge on any atom is -0.503 e. The standard InChI is InChI=1S/C13H10BrClN2O6/c1-23-7-3-5(9(14)10(15)11(7)20)2-6-12(21)17(4-8(18)19)13(22)16-6/h2-3,20H,4H2,1H3,(H,16,22)(H,18,19)/b6-2+. The fourth-order valence-corrected chi connectivity index (χ4v) is 2.50. The summed E-state index contributed by atoms with van der Waals surface area (Å²) in [6.07, 6.45) is 1.29. The molecule has 0 aromatic heterocycles. The number of carbonyl (C=O) groups is 3.